The number of carbonyl (C=O) groups excluding carboxylic acids is 1. The number of ether oxygens (including phenoxy) is 2. The second-order valence-electron chi connectivity index (χ2n) is 6.89. The third-order valence-corrected chi connectivity index (χ3v) is 5.00. The summed E-state index contributed by atoms with van der Waals surface area (Å²) in [7, 11) is 5.06. The Kier molecular flexibility index (Phi) is 6.71. The Balaban J connectivity index is 1.50. The number of piperazine rings is 1. The zero-order valence-electron chi connectivity index (χ0n) is 16.8. The second kappa shape index (κ2) is 9.41. The minimum absolute atomic E-state index is 0.112. The lowest BCUT2D eigenvalue weighted by atomic mass is 10.2. The van der Waals surface area contributed by atoms with Crippen molar-refractivity contribution >= 4 is 11.7 Å². The molecule has 1 aromatic carbocycles. The van der Waals surface area contributed by atoms with Crippen LogP contribution in [0.25, 0.3) is 0 Å². The van der Waals surface area contributed by atoms with E-state index in [1.807, 2.05) is 49.6 Å². The maximum absolute atomic E-state index is 12.6. The Labute approximate surface area is 166 Å². The number of anilines is 1. The van der Waals surface area contributed by atoms with E-state index in [0.717, 1.165) is 37.6 Å². The number of hydrogen-bond acceptors (Lipinski definition) is 6. The lowest BCUT2D eigenvalue weighted by Gasteiger charge is -2.35. The van der Waals surface area contributed by atoms with Crippen molar-refractivity contribution in [3.05, 3.63) is 48.2 Å². The topological polar surface area (TPSA) is 58.1 Å². The standard InChI is InChI=1S/C21H28N4O3/c1-23(15-17-7-8-18(27-2)19(14-17)28-3)21(26)16-24-10-12-25(13-11-24)20-6-4-5-9-22-20/h4-9,14H,10-13,15-16H2,1-3H3. The van der Waals surface area contributed by atoms with Gasteiger partial charge >= 0.3 is 0 Å². The summed E-state index contributed by atoms with van der Waals surface area (Å²) in [6, 6.07) is 11.7. The van der Waals surface area contributed by atoms with Gasteiger partial charge in [0.1, 0.15) is 5.82 Å². The van der Waals surface area contributed by atoms with Gasteiger partial charge in [0, 0.05) is 46.0 Å². The van der Waals surface area contributed by atoms with E-state index in [1.165, 1.54) is 0 Å². The fourth-order valence-corrected chi connectivity index (χ4v) is 3.33. The van der Waals surface area contributed by atoms with Crippen LogP contribution in [0.15, 0.2) is 42.6 Å². The van der Waals surface area contributed by atoms with Gasteiger partial charge in [-0.1, -0.05) is 12.1 Å². The molecule has 2 aromatic rings. The molecule has 3 rings (SSSR count). The van der Waals surface area contributed by atoms with Crippen molar-refractivity contribution in [2.24, 2.45) is 0 Å². The molecule has 0 unspecified atom stereocenters. The van der Waals surface area contributed by atoms with Gasteiger partial charge in [0.25, 0.3) is 0 Å². The van der Waals surface area contributed by atoms with Crippen LogP contribution in [0.4, 0.5) is 5.82 Å². The molecule has 1 amide bonds. The first-order valence-electron chi connectivity index (χ1n) is 9.44. The minimum Gasteiger partial charge on any atom is -0.493 e. The van der Waals surface area contributed by atoms with E-state index in [2.05, 4.69) is 14.8 Å². The van der Waals surface area contributed by atoms with E-state index in [1.54, 1.807) is 19.1 Å². The zero-order chi connectivity index (χ0) is 19.9. The lowest BCUT2D eigenvalue weighted by molar-refractivity contribution is -0.131. The highest BCUT2D eigenvalue weighted by Crippen LogP contribution is 2.28. The maximum Gasteiger partial charge on any atom is 0.236 e. The molecule has 2 heterocycles. The molecule has 7 heteroatoms. The minimum atomic E-state index is 0.112. The number of amides is 1. The van der Waals surface area contributed by atoms with Crippen LogP contribution in [0.5, 0.6) is 11.5 Å². The van der Waals surface area contributed by atoms with E-state index in [9.17, 15) is 4.79 Å². The monoisotopic (exact) mass is 384 g/mol. The van der Waals surface area contributed by atoms with Crippen LogP contribution in [0.3, 0.4) is 0 Å². The fourth-order valence-electron chi connectivity index (χ4n) is 3.33. The average Bonchev–Trinajstić information content (AvgIpc) is 2.74. The zero-order valence-corrected chi connectivity index (χ0v) is 16.8. The van der Waals surface area contributed by atoms with E-state index >= 15 is 0 Å². The summed E-state index contributed by atoms with van der Waals surface area (Å²) in [6.45, 7) is 4.43. The number of likely N-dealkylation sites (N-methyl/N-ethyl adjacent to an activating group) is 1. The van der Waals surface area contributed by atoms with Gasteiger partial charge < -0.3 is 19.3 Å². The Bertz CT molecular complexity index is 776. The number of aromatic nitrogens is 1. The summed E-state index contributed by atoms with van der Waals surface area (Å²) in [5.41, 5.74) is 1.01. The molecule has 0 saturated carbocycles. The highest BCUT2D eigenvalue weighted by atomic mass is 16.5. The number of hydrogen-bond donors (Lipinski definition) is 0. The number of pyridine rings is 1. The third-order valence-electron chi connectivity index (χ3n) is 5.00. The molecular weight excluding hydrogens is 356 g/mol. The van der Waals surface area contributed by atoms with Crippen molar-refractivity contribution in [1.29, 1.82) is 0 Å². The Morgan fingerprint density at radius 3 is 2.46 bits per heavy atom. The van der Waals surface area contributed by atoms with Gasteiger partial charge in [0.15, 0.2) is 11.5 Å². The van der Waals surface area contributed by atoms with Gasteiger partial charge in [-0.25, -0.2) is 4.98 Å². The molecule has 1 saturated heterocycles. The van der Waals surface area contributed by atoms with Crippen LogP contribution in [0.2, 0.25) is 0 Å². The molecule has 28 heavy (non-hydrogen) atoms. The van der Waals surface area contributed by atoms with Crippen molar-refractivity contribution in [2.75, 3.05) is 58.9 Å². The van der Waals surface area contributed by atoms with Gasteiger partial charge in [0.2, 0.25) is 5.91 Å². The van der Waals surface area contributed by atoms with Gasteiger partial charge in [-0.3, -0.25) is 9.69 Å². The van der Waals surface area contributed by atoms with Crippen molar-refractivity contribution < 1.29 is 14.3 Å². The van der Waals surface area contributed by atoms with Crippen LogP contribution in [0.1, 0.15) is 5.56 Å². The van der Waals surface area contributed by atoms with Crippen molar-refractivity contribution in [2.45, 2.75) is 6.54 Å². The Hall–Kier alpha value is -2.80. The molecule has 1 aliphatic heterocycles. The number of benzene rings is 1. The molecule has 0 aliphatic carbocycles. The van der Waals surface area contributed by atoms with Gasteiger partial charge in [-0.2, -0.15) is 0 Å². The summed E-state index contributed by atoms with van der Waals surface area (Å²) in [6.07, 6.45) is 1.81. The summed E-state index contributed by atoms with van der Waals surface area (Å²) in [4.78, 5) is 23.3. The molecule has 0 N–H and O–H groups in total. The first-order chi connectivity index (χ1) is 13.6. The predicted molar refractivity (Wildman–Crippen MR) is 109 cm³/mol. The molecule has 0 bridgehead atoms. The molecule has 1 fully saturated rings. The first kappa shape index (κ1) is 19.9. The third kappa shape index (κ3) is 4.92. The fraction of sp³-hybridized carbons (Fsp3) is 0.429. The smallest absolute Gasteiger partial charge is 0.236 e. The van der Waals surface area contributed by atoms with E-state index < -0.39 is 0 Å². The summed E-state index contributed by atoms with van der Waals surface area (Å²) in [5, 5.41) is 0. The highest BCUT2D eigenvalue weighted by molar-refractivity contribution is 5.78. The van der Waals surface area contributed by atoms with Crippen LogP contribution in [-0.4, -0.2) is 74.7 Å². The number of nitrogens with zero attached hydrogens (tertiary/aromatic N) is 4. The van der Waals surface area contributed by atoms with E-state index in [4.69, 9.17) is 9.47 Å². The van der Waals surface area contributed by atoms with Crippen LogP contribution in [0, 0.1) is 0 Å². The number of carbonyl (C=O) groups is 1. The largest absolute Gasteiger partial charge is 0.493 e. The number of methoxy groups -OCH3 is 2. The summed E-state index contributed by atoms with van der Waals surface area (Å²) < 4.78 is 10.6. The lowest BCUT2D eigenvalue weighted by Crippen LogP contribution is -2.49. The molecule has 0 radical (unpaired) electrons. The Morgan fingerprint density at radius 1 is 1.07 bits per heavy atom. The van der Waals surface area contributed by atoms with Gasteiger partial charge in [-0.05, 0) is 29.8 Å². The summed E-state index contributed by atoms with van der Waals surface area (Å²) >= 11 is 0. The molecule has 1 aromatic heterocycles. The quantitative estimate of drug-likeness (QED) is 0.727. The molecule has 150 valence electrons. The van der Waals surface area contributed by atoms with Crippen LogP contribution < -0.4 is 14.4 Å². The van der Waals surface area contributed by atoms with E-state index in [0.29, 0.717) is 24.6 Å². The second-order valence-corrected chi connectivity index (χ2v) is 6.89. The van der Waals surface area contributed by atoms with Gasteiger partial charge in [0.05, 0.1) is 20.8 Å². The molecular formula is C21H28N4O3. The maximum atomic E-state index is 12.6. The summed E-state index contributed by atoms with van der Waals surface area (Å²) in [5.74, 6) is 2.47. The normalized spacial score (nSPS) is 14.6. The predicted octanol–water partition coefficient (Wildman–Crippen LogP) is 1.88. The first-order valence-corrected chi connectivity index (χ1v) is 9.44. The Morgan fingerprint density at radius 2 is 1.82 bits per heavy atom. The highest BCUT2D eigenvalue weighted by Gasteiger charge is 2.21. The van der Waals surface area contributed by atoms with Crippen molar-refractivity contribution in [1.82, 2.24) is 14.8 Å². The average molecular weight is 384 g/mol. The SMILES string of the molecule is COc1ccc(CN(C)C(=O)CN2CCN(c3ccccn3)CC2)cc1OC. The van der Waals surface area contributed by atoms with Crippen LogP contribution in [-0.2, 0) is 11.3 Å². The number of rotatable bonds is 7. The van der Waals surface area contributed by atoms with Gasteiger partial charge in [-0.15, -0.1) is 0 Å². The molecule has 7 nitrogen and oxygen atoms in total. The molecule has 1 aliphatic rings. The molecule has 0 atom stereocenters. The van der Waals surface area contributed by atoms with Crippen LogP contribution >= 0.6 is 0 Å². The van der Waals surface area contributed by atoms with Crippen molar-refractivity contribution in [3.63, 3.8) is 0 Å². The molecule has 0 spiro atoms. The van der Waals surface area contributed by atoms with E-state index in [-0.39, 0.29) is 5.91 Å². The van der Waals surface area contributed by atoms with Crippen molar-refractivity contribution in [3.8, 4) is 11.5 Å².